The van der Waals surface area contributed by atoms with Crippen LogP contribution in [-0.4, -0.2) is 17.7 Å². The molecular formula is C23H18O5. The molecule has 2 aromatic rings. The number of hydrogen-bond acceptors (Lipinski definition) is 5. The molecule has 0 aliphatic carbocycles. The largest absolute Gasteiger partial charge is 0.423 e. The van der Waals surface area contributed by atoms with Gasteiger partial charge in [-0.1, -0.05) is 49.6 Å². The summed E-state index contributed by atoms with van der Waals surface area (Å²) in [4.78, 5) is 34.9. The van der Waals surface area contributed by atoms with Gasteiger partial charge in [0.2, 0.25) is 0 Å². The lowest BCUT2D eigenvalue weighted by Crippen LogP contribution is -2.04. The number of rotatable bonds is 8. The summed E-state index contributed by atoms with van der Waals surface area (Å²) < 4.78 is 10.3. The summed E-state index contributed by atoms with van der Waals surface area (Å²) in [5, 5.41) is 0. The molecule has 2 rings (SSSR count). The van der Waals surface area contributed by atoms with Gasteiger partial charge in [-0.15, -0.1) is 0 Å². The normalized spacial score (nSPS) is 10.6. The van der Waals surface area contributed by atoms with Crippen LogP contribution >= 0.6 is 0 Å². The van der Waals surface area contributed by atoms with E-state index in [9.17, 15) is 14.4 Å². The molecule has 0 saturated heterocycles. The Hall–Kier alpha value is -3.99. The molecule has 140 valence electrons. The fraction of sp³-hybridized carbons (Fsp3) is 0. The fourth-order valence-corrected chi connectivity index (χ4v) is 2.12. The van der Waals surface area contributed by atoms with E-state index in [0.29, 0.717) is 22.6 Å². The lowest BCUT2D eigenvalue weighted by molar-refractivity contribution is -0.129. The molecule has 0 spiro atoms. The molecule has 0 heterocycles. The zero-order valence-corrected chi connectivity index (χ0v) is 15.0. The quantitative estimate of drug-likeness (QED) is 0.394. The second-order valence-corrected chi connectivity index (χ2v) is 5.40. The Bertz CT molecular complexity index is 889. The molecule has 0 unspecified atom stereocenters. The number of carbonyl (C=O) groups excluding carboxylic acids is 3. The molecule has 0 radical (unpaired) electrons. The molecule has 5 heteroatoms. The van der Waals surface area contributed by atoms with Gasteiger partial charge in [-0.3, -0.25) is 4.79 Å². The first-order chi connectivity index (χ1) is 13.5. The fourth-order valence-electron chi connectivity index (χ4n) is 2.12. The predicted molar refractivity (Wildman–Crippen MR) is 108 cm³/mol. The second-order valence-electron chi connectivity index (χ2n) is 5.40. The van der Waals surface area contributed by atoms with Crippen molar-refractivity contribution in [2.75, 3.05) is 0 Å². The molecule has 0 aromatic heterocycles. The Labute approximate surface area is 162 Å². The maximum atomic E-state index is 12.1. The van der Waals surface area contributed by atoms with Gasteiger partial charge in [-0.05, 0) is 36.4 Å². The van der Waals surface area contributed by atoms with Gasteiger partial charge in [0.1, 0.15) is 11.5 Å². The van der Waals surface area contributed by atoms with E-state index in [1.165, 1.54) is 12.2 Å². The maximum Gasteiger partial charge on any atom is 0.335 e. The average Bonchev–Trinajstić information content (AvgIpc) is 2.72. The number of hydrogen-bond donors (Lipinski definition) is 0. The number of carbonyl (C=O) groups is 3. The van der Waals surface area contributed by atoms with E-state index in [1.807, 2.05) is 0 Å². The highest BCUT2D eigenvalue weighted by molar-refractivity contribution is 6.05. The van der Waals surface area contributed by atoms with Crippen LogP contribution in [0.15, 0.2) is 86.0 Å². The van der Waals surface area contributed by atoms with Crippen LogP contribution in [0, 0.1) is 0 Å². The van der Waals surface area contributed by atoms with E-state index in [0.717, 1.165) is 12.2 Å². The summed E-state index contributed by atoms with van der Waals surface area (Å²) >= 11 is 0. The van der Waals surface area contributed by atoms with E-state index in [1.54, 1.807) is 60.7 Å². The molecule has 0 N–H and O–H groups in total. The third-order valence-corrected chi connectivity index (χ3v) is 3.45. The molecule has 0 fully saturated rings. The number of para-hydroxylation sites is 2. The third-order valence-electron chi connectivity index (χ3n) is 3.45. The molecule has 5 nitrogen and oxygen atoms in total. The van der Waals surface area contributed by atoms with Crippen LogP contribution in [0.1, 0.15) is 11.1 Å². The third kappa shape index (κ3) is 6.07. The summed E-state index contributed by atoms with van der Waals surface area (Å²) in [5.74, 6) is -0.825. The number of allylic oxidation sites excluding steroid dienone is 2. The van der Waals surface area contributed by atoms with Crippen molar-refractivity contribution in [1.29, 1.82) is 0 Å². The van der Waals surface area contributed by atoms with Gasteiger partial charge in [0.15, 0.2) is 5.78 Å². The molecule has 28 heavy (non-hydrogen) atoms. The van der Waals surface area contributed by atoms with E-state index in [2.05, 4.69) is 13.2 Å². The Kier molecular flexibility index (Phi) is 7.43. The van der Waals surface area contributed by atoms with Crippen molar-refractivity contribution < 1.29 is 23.9 Å². The van der Waals surface area contributed by atoms with E-state index in [-0.39, 0.29) is 5.78 Å². The molecule has 0 bridgehead atoms. The van der Waals surface area contributed by atoms with Crippen molar-refractivity contribution in [3.05, 3.63) is 97.1 Å². The zero-order valence-electron chi connectivity index (χ0n) is 15.0. The minimum absolute atomic E-state index is 0.297. The molecule has 2 aromatic carbocycles. The maximum absolute atomic E-state index is 12.1. The molecule has 0 amide bonds. The highest BCUT2D eigenvalue weighted by Crippen LogP contribution is 2.21. The van der Waals surface area contributed by atoms with Crippen molar-refractivity contribution in [1.82, 2.24) is 0 Å². The van der Waals surface area contributed by atoms with Gasteiger partial charge in [0, 0.05) is 23.3 Å². The monoisotopic (exact) mass is 374 g/mol. The summed E-state index contributed by atoms with van der Waals surface area (Å²) in [7, 11) is 0. The number of benzene rings is 2. The van der Waals surface area contributed by atoms with Gasteiger partial charge >= 0.3 is 11.9 Å². The lowest BCUT2D eigenvalue weighted by atomic mass is 10.1. The first kappa shape index (κ1) is 20.3. The topological polar surface area (TPSA) is 69.7 Å². The van der Waals surface area contributed by atoms with Crippen molar-refractivity contribution in [2.45, 2.75) is 0 Å². The minimum Gasteiger partial charge on any atom is -0.423 e. The van der Waals surface area contributed by atoms with Gasteiger partial charge in [0.05, 0.1) is 0 Å². The van der Waals surface area contributed by atoms with Crippen LogP contribution in [0.3, 0.4) is 0 Å². The molecule has 0 saturated carbocycles. The molecule has 0 aliphatic rings. The van der Waals surface area contributed by atoms with Crippen molar-refractivity contribution in [3.8, 4) is 11.5 Å². The van der Waals surface area contributed by atoms with Crippen LogP contribution in [0.4, 0.5) is 0 Å². The van der Waals surface area contributed by atoms with Crippen LogP contribution in [0.25, 0.3) is 12.2 Å². The second kappa shape index (κ2) is 10.2. The van der Waals surface area contributed by atoms with Crippen molar-refractivity contribution in [3.63, 3.8) is 0 Å². The lowest BCUT2D eigenvalue weighted by Gasteiger charge is -2.05. The molecule has 0 aliphatic heterocycles. The first-order valence-corrected chi connectivity index (χ1v) is 8.30. The van der Waals surface area contributed by atoms with Crippen LogP contribution in [-0.2, 0) is 14.4 Å². The predicted octanol–water partition coefficient (Wildman–Crippen LogP) is 4.17. The summed E-state index contributed by atoms with van der Waals surface area (Å²) in [6.45, 7) is 6.70. The Morgan fingerprint density at radius 3 is 1.46 bits per heavy atom. The van der Waals surface area contributed by atoms with E-state index >= 15 is 0 Å². The minimum atomic E-state index is -0.585. The highest BCUT2D eigenvalue weighted by Gasteiger charge is 2.05. The van der Waals surface area contributed by atoms with Gasteiger partial charge in [0.25, 0.3) is 0 Å². The summed E-state index contributed by atoms with van der Waals surface area (Å²) in [6, 6.07) is 13.6. The van der Waals surface area contributed by atoms with Crippen molar-refractivity contribution in [2.24, 2.45) is 0 Å². The smallest absolute Gasteiger partial charge is 0.335 e. The zero-order chi connectivity index (χ0) is 20.4. The highest BCUT2D eigenvalue weighted by atomic mass is 16.5. The van der Waals surface area contributed by atoms with E-state index in [4.69, 9.17) is 9.47 Å². The number of esters is 2. The van der Waals surface area contributed by atoms with Crippen LogP contribution < -0.4 is 9.47 Å². The summed E-state index contributed by atoms with van der Waals surface area (Å²) in [5.41, 5.74) is 1.14. The van der Waals surface area contributed by atoms with Gasteiger partial charge in [-0.2, -0.15) is 0 Å². The molecule has 0 atom stereocenters. The Morgan fingerprint density at radius 1 is 0.679 bits per heavy atom. The standard InChI is InChI=1S/C23H18O5/c1-3-22(25)27-20-11-7-5-9-17(20)13-15-19(24)16-14-18-10-6-8-12-21(18)28-23(26)4-2/h3-16H,1-2H2/b15-13+,16-14+. The number of ketones is 1. The van der Waals surface area contributed by atoms with E-state index < -0.39 is 11.9 Å². The van der Waals surface area contributed by atoms with Gasteiger partial charge < -0.3 is 9.47 Å². The molecular weight excluding hydrogens is 356 g/mol. The Morgan fingerprint density at radius 2 is 1.07 bits per heavy atom. The SMILES string of the molecule is C=CC(=O)Oc1ccccc1/C=C/C(=O)/C=C/c1ccccc1OC(=O)C=C. The Balaban J connectivity index is 2.13. The van der Waals surface area contributed by atoms with Crippen molar-refractivity contribution >= 4 is 29.9 Å². The van der Waals surface area contributed by atoms with Gasteiger partial charge in [-0.25, -0.2) is 9.59 Å². The number of ether oxygens (including phenoxy) is 2. The summed E-state index contributed by atoms with van der Waals surface area (Å²) in [6.07, 6.45) is 7.89. The first-order valence-electron chi connectivity index (χ1n) is 8.30. The average molecular weight is 374 g/mol. The van der Waals surface area contributed by atoms with Crippen LogP contribution in [0.2, 0.25) is 0 Å². The van der Waals surface area contributed by atoms with Crippen LogP contribution in [0.5, 0.6) is 11.5 Å².